The van der Waals surface area contributed by atoms with E-state index in [1.54, 1.807) is 0 Å². The predicted molar refractivity (Wildman–Crippen MR) is 68.6 cm³/mol. The summed E-state index contributed by atoms with van der Waals surface area (Å²) in [5.41, 5.74) is 7.90. The molecule has 3 N–H and O–H groups in total. The minimum Gasteiger partial charge on any atom is -0.355 e. The van der Waals surface area contributed by atoms with Gasteiger partial charge in [-0.2, -0.15) is 0 Å². The maximum atomic E-state index is 11.8. The molecule has 92 valence electrons. The molecule has 0 aromatic heterocycles. The molecule has 1 saturated carbocycles. The fraction of sp³-hybridized carbons (Fsp3) is 0.500. The average molecular weight is 232 g/mol. The molecule has 1 aliphatic carbocycles. The lowest BCUT2D eigenvalue weighted by Gasteiger charge is -2.12. The molecule has 0 radical (unpaired) electrons. The van der Waals surface area contributed by atoms with Crippen molar-refractivity contribution >= 4 is 5.91 Å². The smallest absolute Gasteiger partial charge is 0.227 e. The summed E-state index contributed by atoms with van der Waals surface area (Å²) in [4.78, 5) is 11.8. The molecule has 0 unspecified atom stereocenters. The zero-order valence-electron chi connectivity index (χ0n) is 10.3. The summed E-state index contributed by atoms with van der Waals surface area (Å²) >= 11 is 0. The largest absolute Gasteiger partial charge is 0.355 e. The minimum absolute atomic E-state index is 0.132. The Balaban J connectivity index is 1.76. The zero-order valence-corrected chi connectivity index (χ0v) is 10.3. The number of aryl methyl sites for hydroxylation is 1. The summed E-state index contributed by atoms with van der Waals surface area (Å²) in [6, 6.07) is 8.41. The van der Waals surface area contributed by atoms with Crippen LogP contribution in [0.4, 0.5) is 0 Å². The Morgan fingerprint density at radius 2 is 2.00 bits per heavy atom. The molecule has 0 atom stereocenters. The number of benzene rings is 1. The van der Waals surface area contributed by atoms with E-state index in [4.69, 9.17) is 5.73 Å². The van der Waals surface area contributed by atoms with Gasteiger partial charge in [-0.25, -0.2) is 0 Å². The summed E-state index contributed by atoms with van der Waals surface area (Å²) in [7, 11) is 0. The van der Waals surface area contributed by atoms with Crippen LogP contribution >= 0.6 is 0 Å². The van der Waals surface area contributed by atoms with Crippen molar-refractivity contribution in [3.05, 3.63) is 35.4 Å². The number of carbonyl (C=O) groups is 1. The van der Waals surface area contributed by atoms with Gasteiger partial charge in [0.15, 0.2) is 0 Å². The van der Waals surface area contributed by atoms with Crippen LogP contribution in [0.3, 0.4) is 0 Å². The van der Waals surface area contributed by atoms with E-state index in [1.165, 1.54) is 11.1 Å². The average Bonchev–Trinajstić information content (AvgIpc) is 3.12. The summed E-state index contributed by atoms with van der Waals surface area (Å²) in [5.74, 6) is 0.132. The second-order valence-corrected chi connectivity index (χ2v) is 4.98. The summed E-state index contributed by atoms with van der Waals surface area (Å²) in [6.45, 7) is 3.25. The van der Waals surface area contributed by atoms with E-state index in [9.17, 15) is 4.79 Å². The minimum atomic E-state index is -0.229. The van der Waals surface area contributed by atoms with Crippen LogP contribution < -0.4 is 11.1 Å². The van der Waals surface area contributed by atoms with Gasteiger partial charge in [0.2, 0.25) is 5.91 Å². The molecule has 0 bridgehead atoms. The van der Waals surface area contributed by atoms with Crippen LogP contribution in [0.25, 0.3) is 0 Å². The highest BCUT2D eigenvalue weighted by atomic mass is 16.2. The molecule has 1 aromatic carbocycles. The molecule has 3 nitrogen and oxygen atoms in total. The third-order valence-electron chi connectivity index (χ3n) is 3.55. The van der Waals surface area contributed by atoms with E-state index in [0.717, 1.165) is 19.3 Å². The molecule has 1 aromatic rings. The van der Waals surface area contributed by atoms with Gasteiger partial charge in [-0.05, 0) is 31.7 Å². The molecule has 1 aliphatic rings. The van der Waals surface area contributed by atoms with Crippen molar-refractivity contribution in [3.63, 3.8) is 0 Å². The van der Waals surface area contributed by atoms with E-state index in [2.05, 4.69) is 36.5 Å². The van der Waals surface area contributed by atoms with E-state index in [0.29, 0.717) is 13.1 Å². The fourth-order valence-corrected chi connectivity index (χ4v) is 1.94. The summed E-state index contributed by atoms with van der Waals surface area (Å²) in [6.07, 6.45) is 2.77. The quantitative estimate of drug-likeness (QED) is 0.806. The Morgan fingerprint density at radius 3 is 2.53 bits per heavy atom. The molecule has 0 heterocycles. The van der Waals surface area contributed by atoms with Crippen molar-refractivity contribution in [1.29, 1.82) is 0 Å². The number of amides is 1. The summed E-state index contributed by atoms with van der Waals surface area (Å²) < 4.78 is 0. The van der Waals surface area contributed by atoms with Crippen molar-refractivity contribution < 1.29 is 4.79 Å². The molecular weight excluding hydrogens is 212 g/mol. The van der Waals surface area contributed by atoms with Crippen molar-refractivity contribution in [2.24, 2.45) is 11.1 Å². The van der Waals surface area contributed by atoms with E-state index >= 15 is 0 Å². The van der Waals surface area contributed by atoms with Gasteiger partial charge < -0.3 is 11.1 Å². The topological polar surface area (TPSA) is 55.1 Å². The van der Waals surface area contributed by atoms with Crippen LogP contribution in [-0.4, -0.2) is 19.0 Å². The molecule has 3 heteroatoms. The lowest BCUT2D eigenvalue weighted by Crippen LogP contribution is -2.37. The van der Waals surface area contributed by atoms with Gasteiger partial charge in [-0.15, -0.1) is 0 Å². The molecule has 2 rings (SSSR count). The molecule has 1 fully saturated rings. The fourth-order valence-electron chi connectivity index (χ4n) is 1.94. The first-order valence-corrected chi connectivity index (χ1v) is 6.20. The van der Waals surface area contributed by atoms with E-state index in [1.807, 2.05) is 0 Å². The molecule has 17 heavy (non-hydrogen) atoms. The van der Waals surface area contributed by atoms with Gasteiger partial charge in [-0.1, -0.05) is 29.8 Å². The third-order valence-corrected chi connectivity index (χ3v) is 3.55. The van der Waals surface area contributed by atoms with Crippen molar-refractivity contribution in [2.45, 2.75) is 26.2 Å². The van der Waals surface area contributed by atoms with Crippen LogP contribution in [0.5, 0.6) is 0 Å². The van der Waals surface area contributed by atoms with Gasteiger partial charge in [0, 0.05) is 13.1 Å². The number of hydrogen-bond donors (Lipinski definition) is 2. The second kappa shape index (κ2) is 4.88. The van der Waals surface area contributed by atoms with Crippen LogP contribution in [0, 0.1) is 12.3 Å². The van der Waals surface area contributed by atoms with Gasteiger partial charge >= 0.3 is 0 Å². The lowest BCUT2D eigenvalue weighted by atomic mass is 10.1. The molecule has 0 aliphatic heterocycles. The number of nitrogens with two attached hydrogens (primary N) is 1. The van der Waals surface area contributed by atoms with Crippen molar-refractivity contribution in [3.8, 4) is 0 Å². The molecule has 0 saturated heterocycles. The Kier molecular flexibility index (Phi) is 3.48. The van der Waals surface area contributed by atoms with Crippen LogP contribution in [0.1, 0.15) is 24.0 Å². The Morgan fingerprint density at radius 1 is 1.35 bits per heavy atom. The number of nitrogens with one attached hydrogen (secondary N) is 1. The van der Waals surface area contributed by atoms with Gasteiger partial charge in [0.1, 0.15) is 0 Å². The highest BCUT2D eigenvalue weighted by molar-refractivity contribution is 5.85. The van der Waals surface area contributed by atoms with Gasteiger partial charge in [-0.3, -0.25) is 4.79 Å². The molecule has 1 amide bonds. The van der Waals surface area contributed by atoms with Crippen molar-refractivity contribution in [2.75, 3.05) is 13.1 Å². The highest BCUT2D eigenvalue weighted by Crippen LogP contribution is 2.44. The lowest BCUT2D eigenvalue weighted by molar-refractivity contribution is -0.125. The van der Waals surface area contributed by atoms with Gasteiger partial charge in [0.25, 0.3) is 0 Å². The maximum Gasteiger partial charge on any atom is 0.227 e. The number of hydrogen-bond acceptors (Lipinski definition) is 2. The first-order valence-electron chi connectivity index (χ1n) is 6.20. The monoisotopic (exact) mass is 232 g/mol. The summed E-state index contributed by atoms with van der Waals surface area (Å²) in [5, 5.41) is 2.98. The van der Waals surface area contributed by atoms with Crippen LogP contribution in [-0.2, 0) is 11.2 Å². The van der Waals surface area contributed by atoms with E-state index in [-0.39, 0.29) is 11.3 Å². The number of carbonyl (C=O) groups excluding carboxylic acids is 1. The van der Waals surface area contributed by atoms with Crippen LogP contribution in [0.15, 0.2) is 24.3 Å². The van der Waals surface area contributed by atoms with Crippen LogP contribution in [0.2, 0.25) is 0 Å². The SMILES string of the molecule is Cc1ccc(CCNC(=O)C2(CN)CC2)cc1. The normalized spacial score (nSPS) is 16.6. The van der Waals surface area contributed by atoms with E-state index < -0.39 is 0 Å². The standard InChI is InChI=1S/C14H20N2O/c1-11-2-4-12(5-3-11)6-9-16-13(17)14(10-15)7-8-14/h2-5H,6-10,15H2,1H3,(H,16,17). The van der Waals surface area contributed by atoms with Gasteiger partial charge in [0.05, 0.1) is 5.41 Å². The number of rotatable bonds is 5. The maximum absolute atomic E-state index is 11.8. The molecular formula is C14H20N2O. The Hall–Kier alpha value is -1.35. The predicted octanol–water partition coefficient (Wildman–Crippen LogP) is 1.39. The van der Waals surface area contributed by atoms with Crippen molar-refractivity contribution in [1.82, 2.24) is 5.32 Å². The Bertz CT molecular complexity index is 393. The Labute approximate surface area is 102 Å². The first kappa shape index (κ1) is 12.1. The molecule has 0 spiro atoms. The first-order chi connectivity index (χ1) is 8.16. The second-order valence-electron chi connectivity index (χ2n) is 4.98. The highest BCUT2D eigenvalue weighted by Gasteiger charge is 2.48. The third kappa shape index (κ3) is 2.86. The zero-order chi connectivity index (χ0) is 12.3.